The minimum atomic E-state index is -0.502. The second kappa shape index (κ2) is 11.4. The molecule has 162 valence electrons. The predicted molar refractivity (Wildman–Crippen MR) is 123 cm³/mol. The van der Waals surface area contributed by atoms with Crippen molar-refractivity contribution in [1.29, 1.82) is 0 Å². The first-order chi connectivity index (χ1) is 15.1. The van der Waals surface area contributed by atoms with Crippen LogP contribution in [0.1, 0.15) is 12.0 Å². The molecule has 0 bridgehead atoms. The highest BCUT2D eigenvalue weighted by atomic mass is 16.5. The molecule has 0 aliphatic rings. The molecule has 0 aliphatic heterocycles. The molecule has 3 aromatic rings. The number of nitrogens with zero attached hydrogens (tertiary/aromatic N) is 1. The van der Waals surface area contributed by atoms with E-state index in [-0.39, 0.29) is 6.61 Å². The zero-order valence-corrected chi connectivity index (χ0v) is 17.6. The number of carbonyl (C=O) groups is 1. The van der Waals surface area contributed by atoms with Gasteiger partial charge in [0.05, 0.1) is 6.61 Å². The van der Waals surface area contributed by atoms with Crippen molar-refractivity contribution in [3.63, 3.8) is 0 Å². The molecule has 31 heavy (non-hydrogen) atoms. The van der Waals surface area contributed by atoms with Crippen LogP contribution in [-0.2, 0) is 11.3 Å². The number of hydrogen-bond acceptors (Lipinski definition) is 4. The summed E-state index contributed by atoms with van der Waals surface area (Å²) >= 11 is 0. The Bertz CT molecular complexity index is 1040. The van der Waals surface area contributed by atoms with Crippen LogP contribution in [0.5, 0.6) is 11.5 Å². The number of guanidine groups is 1. The Morgan fingerprint density at radius 1 is 0.935 bits per heavy atom. The lowest BCUT2D eigenvalue weighted by Crippen LogP contribution is -2.37. The van der Waals surface area contributed by atoms with Crippen molar-refractivity contribution in [2.24, 2.45) is 10.7 Å². The van der Waals surface area contributed by atoms with E-state index in [1.54, 1.807) is 13.1 Å². The van der Waals surface area contributed by atoms with E-state index in [1.807, 2.05) is 36.4 Å². The maximum atomic E-state index is 10.8. The summed E-state index contributed by atoms with van der Waals surface area (Å²) in [6.45, 7) is 1.78. The Morgan fingerprint density at radius 3 is 2.55 bits per heavy atom. The van der Waals surface area contributed by atoms with Crippen molar-refractivity contribution in [3.8, 4) is 11.5 Å². The molecule has 3 aromatic carbocycles. The lowest BCUT2D eigenvalue weighted by Gasteiger charge is -2.13. The number of benzene rings is 3. The predicted octanol–water partition coefficient (Wildman–Crippen LogP) is 2.84. The fraction of sp³-hybridized carbons (Fsp3) is 0.250. The summed E-state index contributed by atoms with van der Waals surface area (Å²) in [5, 5.41) is 8.91. The van der Waals surface area contributed by atoms with Gasteiger partial charge in [-0.1, -0.05) is 42.5 Å². The highest BCUT2D eigenvalue weighted by Gasteiger charge is 2.02. The summed E-state index contributed by atoms with van der Waals surface area (Å²) < 4.78 is 11.2. The van der Waals surface area contributed by atoms with E-state index in [0.29, 0.717) is 24.9 Å². The molecule has 0 fully saturated rings. The van der Waals surface area contributed by atoms with Crippen molar-refractivity contribution in [1.82, 2.24) is 10.6 Å². The third-order valence-electron chi connectivity index (χ3n) is 4.57. The lowest BCUT2D eigenvalue weighted by atomic mass is 10.1. The van der Waals surface area contributed by atoms with Crippen LogP contribution in [0.3, 0.4) is 0 Å². The molecule has 0 saturated carbocycles. The van der Waals surface area contributed by atoms with Crippen LogP contribution in [0, 0.1) is 0 Å². The number of nitrogens with two attached hydrogens (primary N) is 1. The zero-order chi connectivity index (χ0) is 21.9. The standard InChI is InChI=1S/C24H28N4O3/c1-26-24(28-16-18-6-4-9-21(14-18)31-17-23(25)29)27-12-5-13-30-22-11-10-19-7-2-3-8-20(19)15-22/h2-4,6-11,14-15H,5,12-13,16-17H2,1H3,(H2,25,29)(H2,26,27,28). The molecule has 0 radical (unpaired) electrons. The van der Waals surface area contributed by atoms with Gasteiger partial charge in [0, 0.05) is 20.1 Å². The molecule has 0 unspecified atom stereocenters. The smallest absolute Gasteiger partial charge is 0.255 e. The Morgan fingerprint density at radius 2 is 1.74 bits per heavy atom. The molecule has 4 N–H and O–H groups in total. The van der Waals surface area contributed by atoms with Crippen LogP contribution in [0.15, 0.2) is 71.7 Å². The van der Waals surface area contributed by atoms with E-state index in [2.05, 4.69) is 39.9 Å². The number of rotatable bonds is 10. The van der Waals surface area contributed by atoms with Crippen LogP contribution < -0.4 is 25.8 Å². The molecule has 0 saturated heterocycles. The third kappa shape index (κ3) is 7.22. The first-order valence-electron chi connectivity index (χ1n) is 10.2. The molecule has 0 heterocycles. The summed E-state index contributed by atoms with van der Waals surface area (Å²) in [4.78, 5) is 15.1. The highest BCUT2D eigenvalue weighted by Crippen LogP contribution is 2.20. The molecule has 0 spiro atoms. The van der Waals surface area contributed by atoms with Crippen LogP contribution >= 0.6 is 0 Å². The molecule has 0 aromatic heterocycles. The average molecular weight is 421 g/mol. The second-order valence-electron chi connectivity index (χ2n) is 6.97. The van der Waals surface area contributed by atoms with E-state index >= 15 is 0 Å². The van der Waals surface area contributed by atoms with Gasteiger partial charge in [0.1, 0.15) is 11.5 Å². The minimum absolute atomic E-state index is 0.138. The molecule has 0 aliphatic carbocycles. The summed E-state index contributed by atoms with van der Waals surface area (Å²) in [5.41, 5.74) is 6.11. The van der Waals surface area contributed by atoms with Crippen LogP contribution in [0.4, 0.5) is 0 Å². The van der Waals surface area contributed by atoms with Gasteiger partial charge >= 0.3 is 0 Å². The lowest BCUT2D eigenvalue weighted by molar-refractivity contribution is -0.119. The Hall–Kier alpha value is -3.74. The molecular formula is C24H28N4O3. The van der Waals surface area contributed by atoms with Gasteiger partial charge in [-0.15, -0.1) is 0 Å². The molecule has 1 amide bonds. The van der Waals surface area contributed by atoms with Gasteiger partial charge in [0.15, 0.2) is 12.6 Å². The van der Waals surface area contributed by atoms with Crippen molar-refractivity contribution in [2.75, 3.05) is 26.8 Å². The van der Waals surface area contributed by atoms with Gasteiger partial charge in [0.25, 0.3) is 5.91 Å². The number of nitrogens with one attached hydrogen (secondary N) is 2. The number of hydrogen-bond donors (Lipinski definition) is 3. The van der Waals surface area contributed by atoms with Crippen LogP contribution in [-0.4, -0.2) is 38.7 Å². The number of aliphatic imine (C=N–C) groups is 1. The molecule has 3 rings (SSSR count). The summed E-state index contributed by atoms with van der Waals surface area (Å²) in [7, 11) is 1.73. The van der Waals surface area contributed by atoms with Gasteiger partial charge < -0.3 is 25.8 Å². The highest BCUT2D eigenvalue weighted by molar-refractivity contribution is 5.83. The quantitative estimate of drug-likeness (QED) is 0.266. The first-order valence-corrected chi connectivity index (χ1v) is 10.2. The molecule has 0 atom stereocenters. The fourth-order valence-corrected chi connectivity index (χ4v) is 3.03. The monoisotopic (exact) mass is 420 g/mol. The van der Waals surface area contributed by atoms with Gasteiger partial charge in [-0.3, -0.25) is 9.79 Å². The average Bonchev–Trinajstić information content (AvgIpc) is 2.79. The Kier molecular flexibility index (Phi) is 8.11. The minimum Gasteiger partial charge on any atom is -0.494 e. The fourth-order valence-electron chi connectivity index (χ4n) is 3.03. The zero-order valence-electron chi connectivity index (χ0n) is 17.6. The number of amides is 1. The van der Waals surface area contributed by atoms with Gasteiger partial charge in [-0.25, -0.2) is 0 Å². The van der Waals surface area contributed by atoms with Crippen molar-refractivity contribution >= 4 is 22.6 Å². The maximum Gasteiger partial charge on any atom is 0.255 e. The first kappa shape index (κ1) is 22.0. The van der Waals surface area contributed by atoms with Crippen LogP contribution in [0.25, 0.3) is 10.8 Å². The normalized spacial score (nSPS) is 11.2. The SMILES string of the molecule is CN=C(NCCCOc1ccc2ccccc2c1)NCc1cccc(OCC(N)=O)c1. The van der Waals surface area contributed by atoms with Crippen molar-refractivity contribution in [2.45, 2.75) is 13.0 Å². The number of primary amides is 1. The van der Waals surface area contributed by atoms with E-state index in [4.69, 9.17) is 15.2 Å². The van der Waals surface area contributed by atoms with Gasteiger partial charge in [-0.05, 0) is 47.0 Å². The summed E-state index contributed by atoms with van der Waals surface area (Å²) in [6.07, 6.45) is 0.837. The number of fused-ring (bicyclic) bond motifs is 1. The molecular weight excluding hydrogens is 392 g/mol. The van der Waals surface area contributed by atoms with E-state index < -0.39 is 5.91 Å². The number of ether oxygens (including phenoxy) is 2. The largest absolute Gasteiger partial charge is 0.494 e. The van der Waals surface area contributed by atoms with Gasteiger partial charge in [-0.2, -0.15) is 0 Å². The molecule has 7 heteroatoms. The maximum absolute atomic E-state index is 10.8. The Labute approximate surface area is 182 Å². The second-order valence-corrected chi connectivity index (χ2v) is 6.97. The van der Waals surface area contributed by atoms with E-state index in [1.165, 1.54) is 10.8 Å². The summed E-state index contributed by atoms with van der Waals surface area (Å²) in [5.74, 6) is 1.68. The van der Waals surface area contributed by atoms with Crippen molar-refractivity contribution in [3.05, 3.63) is 72.3 Å². The topological polar surface area (TPSA) is 98.0 Å². The van der Waals surface area contributed by atoms with E-state index in [0.717, 1.165) is 24.3 Å². The van der Waals surface area contributed by atoms with Gasteiger partial charge in [0.2, 0.25) is 0 Å². The Balaban J connectivity index is 1.37. The number of carbonyl (C=O) groups excluding carboxylic acids is 1. The summed E-state index contributed by atoms with van der Waals surface area (Å²) in [6, 6.07) is 21.8. The van der Waals surface area contributed by atoms with E-state index in [9.17, 15) is 4.79 Å². The van der Waals surface area contributed by atoms with Crippen molar-refractivity contribution < 1.29 is 14.3 Å². The molecule has 7 nitrogen and oxygen atoms in total. The third-order valence-corrected chi connectivity index (χ3v) is 4.57. The van der Waals surface area contributed by atoms with Crippen LogP contribution in [0.2, 0.25) is 0 Å².